The van der Waals surface area contributed by atoms with Gasteiger partial charge in [-0.3, -0.25) is 0 Å². The van der Waals surface area contributed by atoms with E-state index in [4.69, 9.17) is 27.9 Å². The number of nitrogens with zero attached hydrogens (tertiary/aromatic N) is 3. The van der Waals surface area contributed by atoms with Crippen molar-refractivity contribution in [3.63, 3.8) is 0 Å². The van der Waals surface area contributed by atoms with Gasteiger partial charge in [0, 0.05) is 22.3 Å². The molecular weight excluding hydrogens is 464 g/mol. The molecule has 33 heavy (non-hydrogen) atoms. The lowest BCUT2D eigenvalue weighted by Gasteiger charge is -2.02. The fourth-order valence-corrected chi connectivity index (χ4v) is 3.86. The molecule has 5 rings (SSSR count). The number of aromatic nitrogens is 2. The van der Waals surface area contributed by atoms with Crippen LogP contribution in [0.1, 0.15) is 11.1 Å². The van der Waals surface area contributed by atoms with Crippen molar-refractivity contribution in [2.24, 2.45) is 4.99 Å². The Hall–Kier alpha value is -3.74. The number of ether oxygens (including phenoxy) is 1. The van der Waals surface area contributed by atoms with E-state index < -0.39 is 5.97 Å². The van der Waals surface area contributed by atoms with E-state index in [0.29, 0.717) is 32.4 Å². The van der Waals surface area contributed by atoms with E-state index in [9.17, 15) is 9.18 Å². The topological polar surface area (TPSA) is 56.5 Å². The number of cyclic esters (lactones) is 1. The standard InChI is InChI=1S/C25H14Cl2FN3O2/c26-17-8-11-20(21(27)13-17)24-29-22(25(32)33-24)12-16-14-31(19-4-2-1-3-5-19)30-23(16)15-6-9-18(28)10-7-15/h1-14H. The summed E-state index contributed by atoms with van der Waals surface area (Å²) in [5.41, 5.74) is 3.24. The van der Waals surface area contributed by atoms with Crippen LogP contribution < -0.4 is 0 Å². The van der Waals surface area contributed by atoms with Crippen LogP contribution in [-0.4, -0.2) is 21.6 Å². The fourth-order valence-electron chi connectivity index (χ4n) is 3.37. The smallest absolute Gasteiger partial charge is 0.363 e. The summed E-state index contributed by atoms with van der Waals surface area (Å²) in [6.45, 7) is 0. The third-order valence-electron chi connectivity index (χ3n) is 4.96. The maximum absolute atomic E-state index is 13.5. The monoisotopic (exact) mass is 477 g/mol. The number of hydrogen-bond acceptors (Lipinski definition) is 4. The van der Waals surface area contributed by atoms with Gasteiger partial charge in [0.2, 0.25) is 5.90 Å². The maximum Gasteiger partial charge on any atom is 0.363 e. The molecule has 0 saturated carbocycles. The number of rotatable bonds is 4. The quantitative estimate of drug-likeness (QED) is 0.255. The van der Waals surface area contributed by atoms with E-state index in [0.717, 1.165) is 5.69 Å². The highest BCUT2D eigenvalue weighted by molar-refractivity contribution is 6.37. The second-order valence-corrected chi connectivity index (χ2v) is 8.02. The molecule has 4 aromatic rings. The number of benzene rings is 3. The zero-order valence-electron chi connectivity index (χ0n) is 16.9. The Morgan fingerprint density at radius 3 is 2.45 bits per heavy atom. The van der Waals surface area contributed by atoms with Crippen molar-refractivity contribution in [2.45, 2.75) is 0 Å². The third kappa shape index (κ3) is 4.31. The predicted molar refractivity (Wildman–Crippen MR) is 126 cm³/mol. The highest BCUT2D eigenvalue weighted by Crippen LogP contribution is 2.29. The minimum Gasteiger partial charge on any atom is -0.402 e. The minimum atomic E-state index is -0.617. The summed E-state index contributed by atoms with van der Waals surface area (Å²) >= 11 is 12.2. The van der Waals surface area contributed by atoms with Crippen molar-refractivity contribution in [2.75, 3.05) is 0 Å². The van der Waals surface area contributed by atoms with Gasteiger partial charge in [-0.05, 0) is 60.7 Å². The van der Waals surface area contributed by atoms with E-state index in [1.54, 1.807) is 47.3 Å². The predicted octanol–water partition coefficient (Wildman–Crippen LogP) is 6.33. The van der Waals surface area contributed by atoms with Crippen LogP contribution in [0.2, 0.25) is 10.0 Å². The molecule has 3 aromatic carbocycles. The van der Waals surface area contributed by atoms with Crippen LogP contribution >= 0.6 is 23.2 Å². The zero-order valence-corrected chi connectivity index (χ0v) is 18.4. The van der Waals surface area contributed by atoms with Crippen LogP contribution in [0, 0.1) is 5.82 Å². The molecule has 1 aliphatic heterocycles. The molecular formula is C25H14Cl2FN3O2. The number of aliphatic imine (C=N–C) groups is 1. The molecule has 0 atom stereocenters. The molecule has 5 nitrogen and oxygen atoms in total. The Balaban J connectivity index is 1.60. The molecule has 0 fully saturated rings. The van der Waals surface area contributed by atoms with E-state index >= 15 is 0 Å². The first-order valence-corrected chi connectivity index (χ1v) is 10.6. The molecule has 0 unspecified atom stereocenters. The molecule has 0 radical (unpaired) electrons. The number of para-hydroxylation sites is 1. The van der Waals surface area contributed by atoms with E-state index in [-0.39, 0.29) is 17.4 Å². The van der Waals surface area contributed by atoms with Crippen molar-refractivity contribution < 1.29 is 13.9 Å². The van der Waals surface area contributed by atoms with Gasteiger partial charge in [0.15, 0.2) is 5.70 Å². The molecule has 0 saturated heterocycles. The van der Waals surface area contributed by atoms with E-state index in [1.165, 1.54) is 12.1 Å². The molecule has 0 spiro atoms. The summed E-state index contributed by atoms with van der Waals surface area (Å²) in [7, 11) is 0. The largest absolute Gasteiger partial charge is 0.402 e. The number of carbonyl (C=O) groups excluding carboxylic acids is 1. The minimum absolute atomic E-state index is 0.0895. The van der Waals surface area contributed by atoms with Crippen LogP contribution in [-0.2, 0) is 9.53 Å². The average molecular weight is 478 g/mol. The highest BCUT2D eigenvalue weighted by atomic mass is 35.5. The van der Waals surface area contributed by atoms with Crippen molar-refractivity contribution in [1.29, 1.82) is 0 Å². The van der Waals surface area contributed by atoms with Crippen molar-refractivity contribution >= 4 is 41.1 Å². The Kier molecular flexibility index (Phi) is 5.54. The zero-order chi connectivity index (χ0) is 22.9. The number of carbonyl (C=O) groups is 1. The molecule has 2 heterocycles. The van der Waals surface area contributed by atoms with Gasteiger partial charge < -0.3 is 4.74 Å². The second kappa shape index (κ2) is 8.65. The molecule has 0 bridgehead atoms. The molecule has 0 aliphatic carbocycles. The molecule has 162 valence electrons. The van der Waals surface area contributed by atoms with Crippen molar-refractivity contribution in [3.8, 4) is 16.9 Å². The summed E-state index contributed by atoms with van der Waals surface area (Å²) in [5.74, 6) is -0.880. The van der Waals surface area contributed by atoms with Gasteiger partial charge in [-0.25, -0.2) is 18.9 Å². The Morgan fingerprint density at radius 2 is 1.73 bits per heavy atom. The van der Waals surface area contributed by atoms with Crippen LogP contribution in [0.3, 0.4) is 0 Å². The first-order valence-electron chi connectivity index (χ1n) is 9.87. The molecule has 0 amide bonds. The van der Waals surface area contributed by atoms with Gasteiger partial charge in [0.1, 0.15) is 11.5 Å². The summed E-state index contributed by atoms with van der Waals surface area (Å²) in [5, 5.41) is 5.44. The van der Waals surface area contributed by atoms with E-state index in [1.807, 2.05) is 30.3 Å². The summed E-state index contributed by atoms with van der Waals surface area (Å²) in [4.78, 5) is 16.9. The van der Waals surface area contributed by atoms with Gasteiger partial charge in [0.25, 0.3) is 0 Å². The van der Waals surface area contributed by atoms with Crippen LogP contribution in [0.15, 0.2) is 89.7 Å². The Bertz CT molecular complexity index is 1430. The first-order chi connectivity index (χ1) is 16.0. The van der Waals surface area contributed by atoms with Crippen LogP contribution in [0.25, 0.3) is 23.0 Å². The molecule has 1 aromatic heterocycles. The maximum atomic E-state index is 13.5. The average Bonchev–Trinajstić information content (AvgIpc) is 3.39. The Morgan fingerprint density at radius 1 is 0.970 bits per heavy atom. The normalized spacial score (nSPS) is 14.5. The van der Waals surface area contributed by atoms with E-state index in [2.05, 4.69) is 10.1 Å². The Labute approximate surface area is 198 Å². The number of hydrogen-bond donors (Lipinski definition) is 0. The summed E-state index contributed by atoms with van der Waals surface area (Å²) in [6.07, 6.45) is 3.36. The lowest BCUT2D eigenvalue weighted by Crippen LogP contribution is -2.05. The highest BCUT2D eigenvalue weighted by Gasteiger charge is 2.26. The third-order valence-corrected chi connectivity index (χ3v) is 5.50. The van der Waals surface area contributed by atoms with Crippen LogP contribution in [0.4, 0.5) is 4.39 Å². The lowest BCUT2D eigenvalue weighted by atomic mass is 10.1. The summed E-state index contributed by atoms with van der Waals surface area (Å²) in [6, 6.07) is 20.3. The summed E-state index contributed by atoms with van der Waals surface area (Å²) < 4.78 is 20.5. The van der Waals surface area contributed by atoms with Gasteiger partial charge in [-0.1, -0.05) is 41.4 Å². The second-order valence-electron chi connectivity index (χ2n) is 7.18. The molecule has 1 aliphatic rings. The van der Waals surface area contributed by atoms with Gasteiger partial charge in [-0.15, -0.1) is 0 Å². The fraction of sp³-hybridized carbons (Fsp3) is 0. The molecule has 8 heteroatoms. The van der Waals surface area contributed by atoms with Gasteiger partial charge in [-0.2, -0.15) is 5.10 Å². The van der Waals surface area contributed by atoms with Gasteiger partial charge >= 0.3 is 5.97 Å². The molecule has 0 N–H and O–H groups in total. The lowest BCUT2D eigenvalue weighted by molar-refractivity contribution is -0.129. The first kappa shape index (κ1) is 21.1. The van der Waals surface area contributed by atoms with Crippen LogP contribution in [0.5, 0.6) is 0 Å². The number of halogens is 3. The SMILES string of the molecule is O=C1OC(c2ccc(Cl)cc2Cl)=NC1=Cc1cn(-c2ccccc2)nc1-c1ccc(F)cc1. The van der Waals surface area contributed by atoms with Gasteiger partial charge in [0.05, 0.1) is 16.3 Å². The number of esters is 1. The van der Waals surface area contributed by atoms with Crippen molar-refractivity contribution in [1.82, 2.24) is 9.78 Å². The van der Waals surface area contributed by atoms with Crippen molar-refractivity contribution in [3.05, 3.63) is 112 Å².